The molecule has 1 aromatic carbocycles. The third-order valence-corrected chi connectivity index (χ3v) is 5.12. The van der Waals surface area contributed by atoms with Crippen LogP contribution in [0.3, 0.4) is 0 Å². The van der Waals surface area contributed by atoms with E-state index in [0.29, 0.717) is 31.5 Å². The second-order valence-electron chi connectivity index (χ2n) is 7.12. The standard InChI is InChI=1S/C19H21F3N6O2/c1-10-8-13(14(19(20,21)22)9-12(10)16(29)27-18(23)24)11-2-6-28(7-3-11)17(30)15-25-4-5-26-15/h4-5,8-9,11H,2-3,6-7H2,1H3,(H,25,26)(H4,23,24,27,29). The Labute approximate surface area is 170 Å². The van der Waals surface area contributed by atoms with Gasteiger partial charge in [0.1, 0.15) is 0 Å². The van der Waals surface area contributed by atoms with E-state index in [0.717, 1.165) is 6.07 Å². The van der Waals surface area contributed by atoms with Crippen LogP contribution in [0, 0.1) is 12.3 Å². The number of piperidine rings is 1. The fourth-order valence-electron chi connectivity index (χ4n) is 3.67. The predicted molar refractivity (Wildman–Crippen MR) is 102 cm³/mol. The van der Waals surface area contributed by atoms with Crippen molar-refractivity contribution < 1.29 is 22.8 Å². The first-order valence-electron chi connectivity index (χ1n) is 9.23. The summed E-state index contributed by atoms with van der Waals surface area (Å²) < 4.78 is 41.3. The Hall–Kier alpha value is -3.37. The average molecular weight is 422 g/mol. The van der Waals surface area contributed by atoms with Crippen LogP contribution < -0.4 is 11.1 Å². The Morgan fingerprint density at radius 2 is 1.97 bits per heavy atom. The van der Waals surface area contributed by atoms with Gasteiger partial charge >= 0.3 is 6.18 Å². The van der Waals surface area contributed by atoms with Crippen LogP contribution in [0.5, 0.6) is 0 Å². The van der Waals surface area contributed by atoms with Crippen molar-refractivity contribution in [3.63, 3.8) is 0 Å². The van der Waals surface area contributed by atoms with E-state index in [2.05, 4.69) is 9.97 Å². The van der Waals surface area contributed by atoms with Crippen LogP contribution in [0.25, 0.3) is 0 Å². The zero-order valence-electron chi connectivity index (χ0n) is 16.1. The van der Waals surface area contributed by atoms with E-state index >= 15 is 0 Å². The number of nitrogens with one attached hydrogen (secondary N) is 3. The summed E-state index contributed by atoms with van der Waals surface area (Å²) in [6.45, 7) is 2.13. The summed E-state index contributed by atoms with van der Waals surface area (Å²) in [5.74, 6) is -2.02. The van der Waals surface area contributed by atoms with Crippen molar-refractivity contribution in [2.45, 2.75) is 31.9 Å². The van der Waals surface area contributed by atoms with Crippen molar-refractivity contribution in [1.29, 1.82) is 5.41 Å². The number of aromatic nitrogens is 2. The number of imidazole rings is 1. The van der Waals surface area contributed by atoms with Crippen LogP contribution in [-0.4, -0.2) is 45.7 Å². The Kier molecular flexibility index (Phi) is 5.81. The van der Waals surface area contributed by atoms with Gasteiger partial charge in [-0.05, 0) is 42.9 Å². The third kappa shape index (κ3) is 4.44. The average Bonchev–Trinajstić information content (AvgIpc) is 3.20. The number of alkyl halides is 3. The van der Waals surface area contributed by atoms with Crippen molar-refractivity contribution in [2.75, 3.05) is 13.1 Å². The maximum atomic E-state index is 13.8. The van der Waals surface area contributed by atoms with Crippen LogP contribution >= 0.6 is 0 Å². The summed E-state index contributed by atoms with van der Waals surface area (Å²) in [5, 5.41) is 9.12. The van der Waals surface area contributed by atoms with E-state index in [-0.39, 0.29) is 22.9 Å². The van der Waals surface area contributed by atoms with Crippen molar-refractivity contribution in [3.05, 3.63) is 52.6 Å². The number of nitrogens with two attached hydrogens (primary N) is 1. The fraction of sp³-hybridized carbons (Fsp3) is 0.368. The van der Waals surface area contributed by atoms with Crippen LogP contribution in [0.2, 0.25) is 0 Å². The van der Waals surface area contributed by atoms with Crippen LogP contribution in [-0.2, 0) is 6.18 Å². The molecule has 1 fully saturated rings. The molecule has 11 heteroatoms. The minimum atomic E-state index is -4.66. The van der Waals surface area contributed by atoms with Gasteiger partial charge in [0.2, 0.25) is 0 Å². The van der Waals surface area contributed by atoms with Crippen LogP contribution in [0.15, 0.2) is 24.5 Å². The van der Waals surface area contributed by atoms with E-state index in [1.54, 1.807) is 4.90 Å². The lowest BCUT2D eigenvalue weighted by molar-refractivity contribution is -0.138. The number of carbonyl (C=O) groups is 2. The highest BCUT2D eigenvalue weighted by Gasteiger charge is 2.38. The van der Waals surface area contributed by atoms with Gasteiger partial charge in [-0.2, -0.15) is 13.2 Å². The molecule has 5 N–H and O–H groups in total. The van der Waals surface area contributed by atoms with Gasteiger partial charge in [0.25, 0.3) is 11.8 Å². The molecule has 2 aromatic rings. The molecular weight excluding hydrogens is 401 g/mol. The first kappa shape index (κ1) is 21.3. The molecule has 0 unspecified atom stereocenters. The number of hydrogen-bond donors (Lipinski definition) is 4. The highest BCUT2D eigenvalue weighted by atomic mass is 19.4. The zero-order valence-corrected chi connectivity index (χ0v) is 16.1. The molecule has 0 atom stereocenters. The summed E-state index contributed by atoms with van der Waals surface area (Å²) in [6, 6.07) is 2.18. The Balaban J connectivity index is 1.85. The van der Waals surface area contributed by atoms with Gasteiger partial charge in [-0.1, -0.05) is 6.07 Å². The van der Waals surface area contributed by atoms with Gasteiger partial charge in [-0.15, -0.1) is 0 Å². The molecule has 0 saturated carbocycles. The normalized spacial score (nSPS) is 15.1. The number of hydrogen-bond acceptors (Lipinski definition) is 4. The topological polar surface area (TPSA) is 128 Å². The van der Waals surface area contributed by atoms with E-state index in [4.69, 9.17) is 11.1 Å². The number of halogens is 3. The Bertz CT molecular complexity index is 963. The minimum absolute atomic E-state index is 0.101. The molecule has 1 saturated heterocycles. The zero-order chi connectivity index (χ0) is 22.1. The number of carbonyl (C=O) groups excluding carboxylic acids is 2. The highest BCUT2D eigenvalue weighted by Crippen LogP contribution is 2.40. The molecule has 1 aliphatic heterocycles. The fourth-order valence-corrected chi connectivity index (χ4v) is 3.67. The molecule has 2 amide bonds. The van der Waals surface area contributed by atoms with Crippen LogP contribution in [0.4, 0.5) is 13.2 Å². The predicted octanol–water partition coefficient (Wildman–Crippen LogP) is 2.38. The molecule has 160 valence electrons. The molecule has 30 heavy (non-hydrogen) atoms. The third-order valence-electron chi connectivity index (χ3n) is 5.12. The lowest BCUT2D eigenvalue weighted by Crippen LogP contribution is -2.39. The van der Waals surface area contributed by atoms with Crippen molar-refractivity contribution >= 4 is 17.8 Å². The summed E-state index contributed by atoms with van der Waals surface area (Å²) in [7, 11) is 0. The second-order valence-corrected chi connectivity index (χ2v) is 7.12. The largest absolute Gasteiger partial charge is 0.416 e. The van der Waals surface area contributed by atoms with Gasteiger partial charge in [-0.3, -0.25) is 20.3 Å². The number of H-pyrrole nitrogens is 1. The number of aromatic amines is 1. The van der Waals surface area contributed by atoms with E-state index in [1.807, 2.05) is 5.32 Å². The quantitative estimate of drug-likeness (QED) is 0.447. The molecule has 1 aliphatic rings. The van der Waals surface area contributed by atoms with E-state index in [1.165, 1.54) is 25.4 Å². The molecule has 0 spiro atoms. The number of rotatable bonds is 3. The van der Waals surface area contributed by atoms with Gasteiger partial charge < -0.3 is 15.6 Å². The number of amides is 2. The summed E-state index contributed by atoms with van der Waals surface area (Å²) in [4.78, 5) is 32.7. The summed E-state index contributed by atoms with van der Waals surface area (Å²) in [6.07, 6.45) is -0.957. The lowest BCUT2D eigenvalue weighted by Gasteiger charge is -2.33. The maximum absolute atomic E-state index is 13.8. The first-order chi connectivity index (χ1) is 14.1. The molecule has 3 rings (SSSR count). The molecule has 0 aliphatic carbocycles. The van der Waals surface area contributed by atoms with Gasteiger partial charge in [-0.25, -0.2) is 4.98 Å². The van der Waals surface area contributed by atoms with Crippen molar-refractivity contribution in [2.24, 2.45) is 5.73 Å². The highest BCUT2D eigenvalue weighted by molar-refractivity contribution is 6.05. The SMILES string of the molecule is Cc1cc(C2CCN(C(=O)c3ncc[nH]3)CC2)c(C(F)(F)F)cc1C(=O)NC(=N)N. The molecule has 0 radical (unpaired) electrons. The molecular formula is C19H21F3N6O2. The number of guanidine groups is 1. The minimum Gasteiger partial charge on any atom is -0.370 e. The molecule has 0 bridgehead atoms. The second kappa shape index (κ2) is 8.17. The van der Waals surface area contributed by atoms with Gasteiger partial charge in [0, 0.05) is 31.0 Å². The molecule has 2 heterocycles. The number of likely N-dealkylation sites (tertiary alicyclic amines) is 1. The Morgan fingerprint density at radius 3 is 2.50 bits per heavy atom. The van der Waals surface area contributed by atoms with Gasteiger partial charge in [0.15, 0.2) is 11.8 Å². The van der Waals surface area contributed by atoms with E-state index in [9.17, 15) is 22.8 Å². The number of benzene rings is 1. The summed E-state index contributed by atoms with van der Waals surface area (Å²) >= 11 is 0. The molecule has 1 aromatic heterocycles. The van der Waals surface area contributed by atoms with Gasteiger partial charge in [0.05, 0.1) is 5.56 Å². The van der Waals surface area contributed by atoms with Crippen molar-refractivity contribution in [3.8, 4) is 0 Å². The number of aryl methyl sites for hydroxylation is 1. The lowest BCUT2D eigenvalue weighted by atomic mass is 9.84. The van der Waals surface area contributed by atoms with E-state index < -0.39 is 29.5 Å². The smallest absolute Gasteiger partial charge is 0.370 e. The summed E-state index contributed by atoms with van der Waals surface area (Å²) in [5.41, 5.74) is 4.49. The Morgan fingerprint density at radius 1 is 1.30 bits per heavy atom. The molecule has 8 nitrogen and oxygen atoms in total. The maximum Gasteiger partial charge on any atom is 0.416 e. The first-order valence-corrected chi connectivity index (χ1v) is 9.23. The number of nitrogens with zero attached hydrogens (tertiary/aromatic N) is 2. The van der Waals surface area contributed by atoms with Crippen molar-refractivity contribution in [1.82, 2.24) is 20.2 Å². The monoisotopic (exact) mass is 422 g/mol. The van der Waals surface area contributed by atoms with Crippen LogP contribution in [0.1, 0.15) is 56.4 Å².